The SMILES string of the molecule is CCCCc1ccc(S(=O)(=O)NOC(=O)c2ccccc2)cc1. The molecule has 2 aromatic carbocycles. The maximum atomic E-state index is 12.1. The van der Waals surface area contributed by atoms with Crippen LogP contribution in [0.3, 0.4) is 0 Å². The molecule has 0 aliphatic heterocycles. The second-order valence-corrected chi connectivity index (χ2v) is 6.73. The molecule has 2 aromatic rings. The van der Waals surface area contributed by atoms with Crippen molar-refractivity contribution in [3.05, 3.63) is 65.7 Å². The smallest absolute Gasteiger partial charge is 0.351 e. The van der Waals surface area contributed by atoms with Gasteiger partial charge in [0.05, 0.1) is 10.5 Å². The molecule has 6 heteroatoms. The summed E-state index contributed by atoms with van der Waals surface area (Å²) in [6.07, 6.45) is 3.04. The van der Waals surface area contributed by atoms with Crippen LogP contribution < -0.4 is 4.89 Å². The first-order valence-electron chi connectivity index (χ1n) is 7.40. The zero-order valence-corrected chi connectivity index (χ0v) is 13.7. The third-order valence-electron chi connectivity index (χ3n) is 3.31. The van der Waals surface area contributed by atoms with Gasteiger partial charge in [-0.25, -0.2) is 13.2 Å². The van der Waals surface area contributed by atoms with E-state index in [1.807, 2.05) is 4.89 Å². The van der Waals surface area contributed by atoms with Gasteiger partial charge in [0.25, 0.3) is 10.0 Å². The van der Waals surface area contributed by atoms with Crippen LogP contribution in [0.15, 0.2) is 59.5 Å². The summed E-state index contributed by atoms with van der Waals surface area (Å²) >= 11 is 0. The highest BCUT2D eigenvalue weighted by Crippen LogP contribution is 2.12. The number of hydrogen-bond donors (Lipinski definition) is 1. The molecule has 0 aliphatic carbocycles. The molecule has 23 heavy (non-hydrogen) atoms. The van der Waals surface area contributed by atoms with Crippen LogP contribution in [-0.4, -0.2) is 14.4 Å². The van der Waals surface area contributed by atoms with Crippen LogP contribution in [0, 0.1) is 0 Å². The number of aryl methyl sites for hydroxylation is 1. The molecular weight excluding hydrogens is 314 g/mol. The fourth-order valence-electron chi connectivity index (χ4n) is 1.99. The monoisotopic (exact) mass is 333 g/mol. The Morgan fingerprint density at radius 2 is 1.70 bits per heavy atom. The van der Waals surface area contributed by atoms with Crippen LogP contribution >= 0.6 is 0 Å². The van der Waals surface area contributed by atoms with Crippen molar-refractivity contribution in [3.63, 3.8) is 0 Å². The molecule has 0 spiro atoms. The molecule has 0 saturated heterocycles. The van der Waals surface area contributed by atoms with E-state index in [0.29, 0.717) is 0 Å². The number of benzene rings is 2. The van der Waals surface area contributed by atoms with Gasteiger partial charge in [-0.2, -0.15) is 0 Å². The van der Waals surface area contributed by atoms with E-state index < -0.39 is 16.0 Å². The lowest BCUT2D eigenvalue weighted by atomic mass is 10.1. The Labute approximate surface area is 136 Å². The lowest BCUT2D eigenvalue weighted by Crippen LogP contribution is -2.27. The topological polar surface area (TPSA) is 72.5 Å². The largest absolute Gasteiger partial charge is 0.357 e. The van der Waals surface area contributed by atoms with E-state index in [2.05, 4.69) is 11.8 Å². The van der Waals surface area contributed by atoms with Gasteiger partial charge in [-0.15, -0.1) is 0 Å². The van der Waals surface area contributed by atoms with Gasteiger partial charge in [0.15, 0.2) is 0 Å². The minimum atomic E-state index is -3.89. The number of carbonyl (C=O) groups is 1. The molecule has 0 heterocycles. The predicted octanol–water partition coefficient (Wildman–Crippen LogP) is 3.08. The zero-order valence-electron chi connectivity index (χ0n) is 12.9. The molecule has 0 saturated carbocycles. The lowest BCUT2D eigenvalue weighted by Gasteiger charge is -2.08. The summed E-state index contributed by atoms with van der Waals surface area (Å²) in [7, 11) is -3.89. The van der Waals surface area contributed by atoms with Gasteiger partial charge in [0.2, 0.25) is 0 Å². The number of hydrogen-bond acceptors (Lipinski definition) is 4. The summed E-state index contributed by atoms with van der Waals surface area (Å²) in [5.41, 5.74) is 1.34. The van der Waals surface area contributed by atoms with Gasteiger partial charge < -0.3 is 4.84 Å². The van der Waals surface area contributed by atoms with Crippen LogP contribution in [0.2, 0.25) is 0 Å². The van der Waals surface area contributed by atoms with E-state index in [1.54, 1.807) is 42.5 Å². The van der Waals surface area contributed by atoms with Crippen molar-refractivity contribution in [2.24, 2.45) is 0 Å². The molecule has 0 bridgehead atoms. The number of rotatable bonds is 7. The molecule has 0 amide bonds. The third-order valence-corrected chi connectivity index (χ3v) is 4.50. The van der Waals surface area contributed by atoms with Gasteiger partial charge in [0.1, 0.15) is 0 Å². The Bertz CT molecular complexity index is 740. The molecule has 0 radical (unpaired) electrons. The first kappa shape index (κ1) is 17.2. The molecule has 0 aromatic heterocycles. The van der Waals surface area contributed by atoms with E-state index in [1.165, 1.54) is 12.1 Å². The summed E-state index contributed by atoms with van der Waals surface area (Å²) < 4.78 is 24.2. The van der Waals surface area contributed by atoms with Crippen LogP contribution in [0.5, 0.6) is 0 Å². The lowest BCUT2D eigenvalue weighted by molar-refractivity contribution is 0.0407. The van der Waals surface area contributed by atoms with Gasteiger partial charge in [-0.05, 0) is 47.6 Å². The van der Waals surface area contributed by atoms with Crippen LogP contribution in [0.4, 0.5) is 0 Å². The first-order valence-corrected chi connectivity index (χ1v) is 8.88. The van der Waals surface area contributed by atoms with Crippen LogP contribution in [-0.2, 0) is 21.3 Å². The maximum absolute atomic E-state index is 12.1. The Balaban J connectivity index is 2.00. The van der Waals surface area contributed by atoms with Crippen molar-refractivity contribution in [2.45, 2.75) is 31.1 Å². The third kappa shape index (κ3) is 4.91. The van der Waals surface area contributed by atoms with Crippen molar-refractivity contribution in [1.82, 2.24) is 4.89 Å². The summed E-state index contributed by atoms with van der Waals surface area (Å²) in [6, 6.07) is 14.7. The summed E-state index contributed by atoms with van der Waals surface area (Å²) in [4.78, 5) is 18.3. The van der Waals surface area contributed by atoms with Gasteiger partial charge in [-0.3, -0.25) is 0 Å². The second-order valence-electron chi connectivity index (χ2n) is 5.09. The highest BCUT2D eigenvalue weighted by Gasteiger charge is 2.17. The van der Waals surface area contributed by atoms with E-state index in [9.17, 15) is 13.2 Å². The van der Waals surface area contributed by atoms with Crippen molar-refractivity contribution in [2.75, 3.05) is 0 Å². The van der Waals surface area contributed by atoms with Crippen molar-refractivity contribution >= 4 is 16.0 Å². The van der Waals surface area contributed by atoms with Gasteiger partial charge in [0, 0.05) is 0 Å². The summed E-state index contributed by atoms with van der Waals surface area (Å²) in [6.45, 7) is 2.10. The van der Waals surface area contributed by atoms with Gasteiger partial charge in [-0.1, -0.05) is 43.7 Å². The van der Waals surface area contributed by atoms with E-state index in [4.69, 9.17) is 0 Å². The van der Waals surface area contributed by atoms with Crippen molar-refractivity contribution < 1.29 is 18.0 Å². The molecular formula is C17H19NO4S. The highest BCUT2D eigenvalue weighted by atomic mass is 32.2. The minimum Gasteiger partial charge on any atom is -0.351 e. The average molecular weight is 333 g/mol. The normalized spacial score (nSPS) is 11.2. The minimum absolute atomic E-state index is 0.0543. The van der Waals surface area contributed by atoms with E-state index in [0.717, 1.165) is 24.8 Å². The maximum Gasteiger partial charge on any atom is 0.357 e. The molecule has 0 aliphatic rings. The summed E-state index contributed by atoms with van der Waals surface area (Å²) in [5, 5.41) is 0. The number of unbranched alkanes of at least 4 members (excludes halogenated alkanes) is 1. The molecule has 0 unspecified atom stereocenters. The second kappa shape index (κ2) is 7.89. The Hall–Kier alpha value is -2.18. The highest BCUT2D eigenvalue weighted by molar-refractivity contribution is 7.89. The molecule has 0 fully saturated rings. The molecule has 2 rings (SSSR count). The average Bonchev–Trinajstić information content (AvgIpc) is 2.59. The Kier molecular flexibility index (Phi) is 5.90. The Morgan fingerprint density at radius 3 is 2.30 bits per heavy atom. The van der Waals surface area contributed by atoms with Crippen molar-refractivity contribution in [3.8, 4) is 0 Å². The fourth-order valence-corrected chi connectivity index (χ4v) is 2.77. The molecule has 122 valence electrons. The summed E-state index contributed by atoms with van der Waals surface area (Å²) in [5.74, 6) is -0.756. The first-order chi connectivity index (χ1) is 11.0. The molecule has 5 nitrogen and oxygen atoms in total. The van der Waals surface area contributed by atoms with Crippen molar-refractivity contribution in [1.29, 1.82) is 0 Å². The van der Waals surface area contributed by atoms with Crippen LogP contribution in [0.1, 0.15) is 35.7 Å². The zero-order chi connectivity index (χ0) is 16.7. The predicted molar refractivity (Wildman–Crippen MR) is 87.2 cm³/mol. The fraction of sp³-hybridized carbons (Fsp3) is 0.235. The number of sulfonamides is 1. The molecule has 1 N–H and O–H groups in total. The van der Waals surface area contributed by atoms with Gasteiger partial charge >= 0.3 is 5.97 Å². The number of carbonyl (C=O) groups excluding carboxylic acids is 1. The van der Waals surface area contributed by atoms with Crippen LogP contribution in [0.25, 0.3) is 0 Å². The van der Waals surface area contributed by atoms with E-state index in [-0.39, 0.29) is 10.5 Å². The molecule has 0 atom stereocenters. The number of nitrogens with one attached hydrogen (secondary N) is 1. The standard InChI is InChI=1S/C17H19NO4S/c1-2-3-7-14-10-12-16(13-11-14)23(20,21)18-22-17(19)15-8-5-4-6-9-15/h4-6,8-13,18H,2-3,7H2,1H3. The Morgan fingerprint density at radius 1 is 1.04 bits per heavy atom. The van der Waals surface area contributed by atoms with E-state index >= 15 is 0 Å². The quantitative estimate of drug-likeness (QED) is 0.790.